The third-order valence-corrected chi connectivity index (χ3v) is 5.13. The van der Waals surface area contributed by atoms with Crippen LogP contribution in [0.1, 0.15) is 25.8 Å². The first kappa shape index (κ1) is 13.4. The quantitative estimate of drug-likeness (QED) is 0.732. The van der Waals surface area contributed by atoms with E-state index >= 15 is 0 Å². The van der Waals surface area contributed by atoms with E-state index in [4.69, 9.17) is 0 Å². The summed E-state index contributed by atoms with van der Waals surface area (Å²) < 4.78 is 0. The molecule has 2 nitrogen and oxygen atoms in total. The molecule has 0 bridgehead atoms. The summed E-state index contributed by atoms with van der Waals surface area (Å²) in [5.74, 6) is 0.445. The normalized spacial score (nSPS) is 24.4. The predicted octanol–water partition coefficient (Wildman–Crippen LogP) is 2.30. The maximum absolute atomic E-state index is 9.37. The molecule has 22 heavy (non-hydrogen) atoms. The van der Waals surface area contributed by atoms with Crippen molar-refractivity contribution in [3.8, 4) is 6.07 Å². The largest absolute Gasteiger partial charge is 0.377 e. The molecule has 110 valence electrons. The summed E-state index contributed by atoms with van der Waals surface area (Å²) in [5.41, 5.74) is 5.22. The number of nitrogens with zero attached hydrogens (tertiary/aromatic N) is 2. The van der Waals surface area contributed by atoms with Crippen LogP contribution < -0.4 is 10.4 Å². The van der Waals surface area contributed by atoms with Crippen molar-refractivity contribution in [1.29, 1.82) is 5.26 Å². The van der Waals surface area contributed by atoms with Gasteiger partial charge >= 0.3 is 0 Å². The number of hydrogen-bond acceptors (Lipinski definition) is 2. The summed E-state index contributed by atoms with van der Waals surface area (Å²) in [7, 11) is 2.20. The van der Waals surface area contributed by atoms with Gasteiger partial charge in [-0.2, -0.15) is 5.26 Å². The molecule has 1 aliphatic heterocycles. The molecule has 0 N–H and O–H groups in total. The van der Waals surface area contributed by atoms with E-state index in [0.717, 1.165) is 17.3 Å². The summed E-state index contributed by atoms with van der Waals surface area (Å²) in [6.07, 6.45) is 7.85. The Morgan fingerprint density at radius 1 is 1.27 bits per heavy atom. The maximum atomic E-state index is 9.37. The summed E-state index contributed by atoms with van der Waals surface area (Å²) in [4.78, 5) is 2.40. The number of piperidine rings is 1. The van der Waals surface area contributed by atoms with Gasteiger partial charge in [-0.15, -0.1) is 0 Å². The zero-order chi connectivity index (χ0) is 15.5. The number of likely N-dealkylation sites (tertiary alicyclic amines) is 1. The van der Waals surface area contributed by atoms with Crippen LogP contribution in [0.2, 0.25) is 0 Å². The Hall–Kier alpha value is -2.27. The predicted molar refractivity (Wildman–Crippen MR) is 89.0 cm³/mol. The van der Waals surface area contributed by atoms with Gasteiger partial charge in [-0.25, -0.2) is 0 Å². The highest BCUT2D eigenvalue weighted by Crippen LogP contribution is 2.45. The molecule has 0 saturated carbocycles. The lowest BCUT2D eigenvalue weighted by Crippen LogP contribution is -2.43. The Kier molecular flexibility index (Phi) is 2.66. The molecule has 0 radical (unpaired) electrons. The lowest BCUT2D eigenvalue weighted by molar-refractivity contribution is 0.159. The van der Waals surface area contributed by atoms with Gasteiger partial charge in [-0.1, -0.05) is 32.1 Å². The Morgan fingerprint density at radius 2 is 2.09 bits per heavy atom. The zero-order valence-corrected chi connectivity index (χ0v) is 13.4. The molecule has 1 atom stereocenters. The van der Waals surface area contributed by atoms with Crippen molar-refractivity contribution in [2.24, 2.45) is 11.3 Å². The van der Waals surface area contributed by atoms with Crippen LogP contribution in [-0.2, 0) is 0 Å². The summed E-state index contributed by atoms with van der Waals surface area (Å²) >= 11 is 0. The van der Waals surface area contributed by atoms with Gasteiger partial charge in [0.15, 0.2) is 0 Å². The number of fused-ring (bicyclic) bond motifs is 4. The molecule has 1 unspecified atom stereocenters. The first-order valence-electron chi connectivity index (χ1n) is 7.89. The highest BCUT2D eigenvalue weighted by Gasteiger charge is 2.38. The molecule has 4 rings (SSSR count). The van der Waals surface area contributed by atoms with Crippen molar-refractivity contribution in [3.05, 3.63) is 57.6 Å². The fourth-order valence-corrected chi connectivity index (χ4v) is 4.36. The van der Waals surface area contributed by atoms with Crippen LogP contribution in [0.5, 0.6) is 0 Å². The SMILES string of the molecule is CN1CC(C)(C)CC2C1=CC=C1C=c3c(C#N)cccc3=C12. The molecule has 2 aliphatic carbocycles. The number of nitriles is 1. The van der Waals surface area contributed by atoms with Gasteiger partial charge in [-0.3, -0.25) is 0 Å². The van der Waals surface area contributed by atoms with Gasteiger partial charge in [0.25, 0.3) is 0 Å². The summed E-state index contributed by atoms with van der Waals surface area (Å²) in [6, 6.07) is 8.44. The second-order valence-electron chi connectivity index (χ2n) is 7.43. The van der Waals surface area contributed by atoms with E-state index in [0.29, 0.717) is 11.3 Å². The van der Waals surface area contributed by atoms with Crippen molar-refractivity contribution in [2.45, 2.75) is 20.3 Å². The molecule has 2 heteroatoms. The standard InChI is InChI=1S/C20H20N2/c1-20(2)10-17-18(22(3)12-20)8-7-13-9-16-14(11-21)5-4-6-15(16)19(13)17/h4-9,17H,10,12H2,1-3H3. The molecule has 1 aromatic carbocycles. The monoisotopic (exact) mass is 288 g/mol. The topological polar surface area (TPSA) is 27.0 Å². The minimum absolute atomic E-state index is 0.307. The molecule has 1 fully saturated rings. The van der Waals surface area contributed by atoms with Crippen LogP contribution in [-0.4, -0.2) is 18.5 Å². The van der Waals surface area contributed by atoms with E-state index in [-0.39, 0.29) is 0 Å². The van der Waals surface area contributed by atoms with E-state index in [1.165, 1.54) is 28.5 Å². The van der Waals surface area contributed by atoms with Gasteiger partial charge in [0, 0.05) is 30.4 Å². The highest BCUT2D eigenvalue weighted by molar-refractivity contribution is 5.86. The van der Waals surface area contributed by atoms with E-state index in [1.807, 2.05) is 12.1 Å². The Balaban J connectivity index is 1.99. The van der Waals surface area contributed by atoms with Crippen molar-refractivity contribution >= 4 is 11.6 Å². The van der Waals surface area contributed by atoms with E-state index in [2.05, 4.69) is 56.2 Å². The number of rotatable bonds is 0. The van der Waals surface area contributed by atoms with Crippen molar-refractivity contribution in [2.75, 3.05) is 13.6 Å². The molecule has 0 spiro atoms. The molecule has 0 amide bonds. The van der Waals surface area contributed by atoms with Crippen molar-refractivity contribution in [3.63, 3.8) is 0 Å². The average Bonchev–Trinajstić information content (AvgIpc) is 2.84. The fourth-order valence-electron chi connectivity index (χ4n) is 4.36. The number of allylic oxidation sites excluding steroid dienone is 4. The third kappa shape index (κ3) is 1.78. The van der Waals surface area contributed by atoms with E-state index < -0.39 is 0 Å². The van der Waals surface area contributed by atoms with Crippen LogP contribution in [0.15, 0.2) is 41.6 Å². The Bertz CT molecular complexity index is 891. The Labute approximate surface area is 131 Å². The van der Waals surface area contributed by atoms with E-state index in [9.17, 15) is 5.26 Å². The smallest absolute Gasteiger partial charge is 0.0998 e. The third-order valence-electron chi connectivity index (χ3n) is 5.13. The molecular formula is C20H20N2. The minimum Gasteiger partial charge on any atom is -0.377 e. The number of hydrogen-bond donors (Lipinski definition) is 0. The second kappa shape index (κ2) is 4.36. The van der Waals surface area contributed by atoms with Crippen LogP contribution in [0.3, 0.4) is 0 Å². The maximum Gasteiger partial charge on any atom is 0.0998 e. The fraction of sp³-hybridized carbons (Fsp3) is 0.350. The minimum atomic E-state index is 0.307. The zero-order valence-electron chi connectivity index (χ0n) is 13.4. The molecule has 3 aliphatic rings. The van der Waals surface area contributed by atoms with Gasteiger partial charge in [0.05, 0.1) is 11.6 Å². The number of benzene rings is 1. The molecule has 0 aromatic heterocycles. The van der Waals surface area contributed by atoms with Gasteiger partial charge in [0.1, 0.15) is 0 Å². The Morgan fingerprint density at radius 3 is 2.86 bits per heavy atom. The van der Waals surface area contributed by atoms with Crippen LogP contribution >= 0.6 is 0 Å². The molecular weight excluding hydrogens is 268 g/mol. The first-order valence-corrected chi connectivity index (χ1v) is 7.89. The van der Waals surface area contributed by atoms with Crippen molar-refractivity contribution in [1.82, 2.24) is 4.90 Å². The van der Waals surface area contributed by atoms with Gasteiger partial charge < -0.3 is 4.90 Å². The van der Waals surface area contributed by atoms with Gasteiger partial charge in [0.2, 0.25) is 0 Å². The van der Waals surface area contributed by atoms with Crippen LogP contribution in [0.4, 0.5) is 0 Å². The summed E-state index contributed by atoms with van der Waals surface area (Å²) in [5, 5.41) is 11.7. The molecule has 1 saturated heterocycles. The molecule has 1 aromatic rings. The van der Waals surface area contributed by atoms with Crippen molar-refractivity contribution < 1.29 is 0 Å². The average molecular weight is 288 g/mol. The first-order chi connectivity index (χ1) is 10.5. The van der Waals surface area contributed by atoms with Crippen LogP contribution in [0.25, 0.3) is 11.6 Å². The summed E-state index contributed by atoms with van der Waals surface area (Å²) in [6.45, 7) is 5.80. The second-order valence-corrected chi connectivity index (χ2v) is 7.43. The lowest BCUT2D eigenvalue weighted by atomic mass is 9.71. The van der Waals surface area contributed by atoms with E-state index in [1.54, 1.807) is 0 Å². The molecule has 1 heterocycles. The highest BCUT2D eigenvalue weighted by atomic mass is 15.1. The van der Waals surface area contributed by atoms with Crippen LogP contribution in [0, 0.1) is 22.7 Å². The van der Waals surface area contributed by atoms with Gasteiger partial charge in [-0.05, 0) is 46.4 Å². The lowest BCUT2D eigenvalue weighted by Gasteiger charge is -2.45.